The van der Waals surface area contributed by atoms with Crippen molar-refractivity contribution in [2.75, 3.05) is 26.1 Å². The maximum absolute atomic E-state index is 5.37. The molecule has 3 nitrogen and oxygen atoms in total. The molecule has 1 aromatic carbocycles. The molecule has 2 N–H and O–H groups in total. The van der Waals surface area contributed by atoms with Gasteiger partial charge in [0.05, 0.1) is 13.8 Å². The second kappa shape index (κ2) is 5.03. The average molecular weight is 208 g/mol. The Hall–Kier alpha value is -1.22. The van der Waals surface area contributed by atoms with Gasteiger partial charge in [-0.1, -0.05) is 0 Å². The predicted octanol–water partition coefficient (Wildman–Crippen LogP) is 2.21. The Labute approximate surface area is 91.8 Å². The number of anilines is 1. The zero-order valence-electron chi connectivity index (χ0n) is 10.2. The van der Waals surface area contributed by atoms with E-state index < -0.39 is 0 Å². The fourth-order valence-electron chi connectivity index (χ4n) is 1.74. The summed E-state index contributed by atoms with van der Waals surface area (Å²) >= 11 is 0. The van der Waals surface area contributed by atoms with Crippen molar-refractivity contribution >= 4 is 5.69 Å². The second-order valence-corrected chi connectivity index (χ2v) is 3.73. The van der Waals surface area contributed by atoms with Crippen LogP contribution in [0.3, 0.4) is 0 Å². The minimum atomic E-state index is 0.770. The van der Waals surface area contributed by atoms with Crippen LogP contribution in [0.5, 0.6) is 5.75 Å². The van der Waals surface area contributed by atoms with Gasteiger partial charge >= 0.3 is 0 Å². The molecule has 0 radical (unpaired) electrons. The first-order valence-corrected chi connectivity index (χ1v) is 5.15. The molecule has 0 aromatic heterocycles. The Morgan fingerprint density at radius 2 is 1.87 bits per heavy atom. The summed E-state index contributed by atoms with van der Waals surface area (Å²) < 4.78 is 5.37. The number of nitrogens with one attached hydrogen (secondary N) is 2. The van der Waals surface area contributed by atoms with Crippen molar-refractivity contribution in [2.24, 2.45) is 0 Å². The van der Waals surface area contributed by atoms with Gasteiger partial charge in [0, 0.05) is 5.69 Å². The largest absolute Gasteiger partial charge is 0.496 e. The number of benzene rings is 1. The molecule has 1 aromatic rings. The molecule has 15 heavy (non-hydrogen) atoms. The van der Waals surface area contributed by atoms with Crippen molar-refractivity contribution in [2.45, 2.75) is 20.8 Å². The third-order valence-electron chi connectivity index (χ3n) is 2.69. The second-order valence-electron chi connectivity index (χ2n) is 3.73. The minimum absolute atomic E-state index is 0.770. The molecule has 0 saturated carbocycles. The lowest BCUT2D eigenvalue weighted by atomic mass is 10.0. The summed E-state index contributed by atoms with van der Waals surface area (Å²) in [5, 5.41) is 6.40. The van der Waals surface area contributed by atoms with E-state index >= 15 is 0 Å². The number of hydrogen-bond donors (Lipinski definition) is 2. The summed E-state index contributed by atoms with van der Waals surface area (Å²) in [6.45, 7) is 7.03. The van der Waals surface area contributed by atoms with E-state index in [4.69, 9.17) is 4.74 Å². The zero-order chi connectivity index (χ0) is 11.4. The van der Waals surface area contributed by atoms with Gasteiger partial charge in [-0.15, -0.1) is 0 Å². The highest BCUT2D eigenvalue weighted by atomic mass is 16.5. The van der Waals surface area contributed by atoms with Crippen molar-refractivity contribution in [3.05, 3.63) is 22.8 Å². The monoisotopic (exact) mass is 208 g/mol. The van der Waals surface area contributed by atoms with Crippen molar-refractivity contribution < 1.29 is 4.74 Å². The molecule has 0 atom stereocenters. The highest BCUT2D eigenvalue weighted by molar-refractivity contribution is 5.61. The third kappa shape index (κ3) is 2.42. The molecule has 1 rings (SSSR count). The Balaban J connectivity index is 3.10. The van der Waals surface area contributed by atoms with Crippen LogP contribution in [0.25, 0.3) is 0 Å². The molecule has 0 amide bonds. The molecule has 0 spiro atoms. The van der Waals surface area contributed by atoms with Crippen LogP contribution in [0.4, 0.5) is 5.69 Å². The first-order valence-electron chi connectivity index (χ1n) is 5.15. The van der Waals surface area contributed by atoms with E-state index in [9.17, 15) is 0 Å². The number of ether oxygens (including phenoxy) is 1. The van der Waals surface area contributed by atoms with Crippen LogP contribution in [0.15, 0.2) is 6.07 Å². The van der Waals surface area contributed by atoms with Crippen molar-refractivity contribution in [1.82, 2.24) is 5.32 Å². The van der Waals surface area contributed by atoms with Gasteiger partial charge in [0.15, 0.2) is 0 Å². The molecule has 0 bridgehead atoms. The van der Waals surface area contributed by atoms with Crippen LogP contribution < -0.4 is 15.4 Å². The summed E-state index contributed by atoms with van der Waals surface area (Å²) in [5.74, 6) is 0.988. The smallest absolute Gasteiger partial charge is 0.125 e. The van der Waals surface area contributed by atoms with Gasteiger partial charge in [0.2, 0.25) is 0 Å². The minimum Gasteiger partial charge on any atom is -0.496 e. The van der Waals surface area contributed by atoms with Gasteiger partial charge < -0.3 is 15.4 Å². The van der Waals surface area contributed by atoms with Crippen LogP contribution in [0.2, 0.25) is 0 Å². The lowest BCUT2D eigenvalue weighted by molar-refractivity contribution is 0.408. The van der Waals surface area contributed by atoms with Crippen molar-refractivity contribution in [3.8, 4) is 5.75 Å². The van der Waals surface area contributed by atoms with E-state index in [1.807, 2.05) is 7.05 Å². The summed E-state index contributed by atoms with van der Waals surface area (Å²) in [6.07, 6.45) is 0. The first kappa shape index (κ1) is 11.9. The fraction of sp³-hybridized carbons (Fsp3) is 0.500. The quantitative estimate of drug-likeness (QED) is 0.744. The van der Waals surface area contributed by atoms with Crippen LogP contribution in [-0.4, -0.2) is 20.8 Å². The van der Waals surface area contributed by atoms with Gasteiger partial charge in [0.25, 0.3) is 0 Å². The highest BCUT2D eigenvalue weighted by Gasteiger charge is 2.09. The van der Waals surface area contributed by atoms with E-state index in [2.05, 4.69) is 37.5 Å². The fourth-order valence-corrected chi connectivity index (χ4v) is 1.74. The van der Waals surface area contributed by atoms with E-state index in [0.29, 0.717) is 0 Å². The summed E-state index contributed by atoms with van der Waals surface area (Å²) in [6, 6.07) is 2.12. The van der Waals surface area contributed by atoms with Gasteiger partial charge in [0.1, 0.15) is 5.75 Å². The topological polar surface area (TPSA) is 33.3 Å². The SMILES string of the molecule is CNCNc1cc(C)c(OC)c(C)c1C. The first-order chi connectivity index (χ1) is 7.11. The molecule has 0 heterocycles. The number of hydrogen-bond acceptors (Lipinski definition) is 3. The van der Waals surface area contributed by atoms with Crippen LogP contribution >= 0.6 is 0 Å². The summed E-state index contributed by atoms with van der Waals surface area (Å²) in [5.41, 5.74) is 4.78. The number of aryl methyl sites for hydroxylation is 1. The number of methoxy groups -OCH3 is 1. The van der Waals surface area contributed by atoms with Gasteiger partial charge in [-0.3, -0.25) is 0 Å². The molecule has 0 aliphatic carbocycles. The molecule has 0 aliphatic heterocycles. The Morgan fingerprint density at radius 1 is 1.20 bits per heavy atom. The standard InChI is InChI=1S/C12H20N2O/c1-8-6-11(14-7-13-4)9(2)10(3)12(8)15-5/h6,13-14H,7H2,1-5H3. The van der Waals surface area contributed by atoms with Crippen LogP contribution in [-0.2, 0) is 0 Å². The van der Waals surface area contributed by atoms with E-state index in [-0.39, 0.29) is 0 Å². The molecule has 0 aliphatic rings. The van der Waals surface area contributed by atoms with Gasteiger partial charge in [-0.25, -0.2) is 0 Å². The highest BCUT2D eigenvalue weighted by Crippen LogP contribution is 2.31. The molecule has 3 heteroatoms. The normalized spacial score (nSPS) is 10.2. The van der Waals surface area contributed by atoms with Crippen LogP contribution in [0, 0.1) is 20.8 Å². The third-order valence-corrected chi connectivity index (χ3v) is 2.69. The lowest BCUT2D eigenvalue weighted by Gasteiger charge is -2.16. The summed E-state index contributed by atoms with van der Waals surface area (Å²) in [7, 11) is 3.64. The summed E-state index contributed by atoms with van der Waals surface area (Å²) in [4.78, 5) is 0. The molecule has 0 saturated heterocycles. The Bertz CT molecular complexity index is 348. The predicted molar refractivity (Wildman–Crippen MR) is 64.8 cm³/mol. The lowest BCUT2D eigenvalue weighted by Crippen LogP contribution is -2.17. The van der Waals surface area contributed by atoms with Gasteiger partial charge in [-0.05, 0) is 50.6 Å². The number of rotatable bonds is 4. The molecule has 0 unspecified atom stereocenters. The maximum atomic E-state index is 5.37. The Kier molecular flexibility index (Phi) is 3.97. The van der Waals surface area contributed by atoms with E-state index in [0.717, 1.165) is 12.4 Å². The maximum Gasteiger partial charge on any atom is 0.125 e. The molecule has 0 fully saturated rings. The van der Waals surface area contributed by atoms with Crippen molar-refractivity contribution in [3.63, 3.8) is 0 Å². The Morgan fingerprint density at radius 3 is 2.40 bits per heavy atom. The van der Waals surface area contributed by atoms with E-state index in [1.54, 1.807) is 7.11 Å². The van der Waals surface area contributed by atoms with Gasteiger partial charge in [-0.2, -0.15) is 0 Å². The molecular formula is C12H20N2O. The van der Waals surface area contributed by atoms with Crippen molar-refractivity contribution in [1.29, 1.82) is 0 Å². The van der Waals surface area contributed by atoms with E-state index in [1.165, 1.54) is 22.4 Å². The molecule has 84 valence electrons. The molecular weight excluding hydrogens is 188 g/mol. The average Bonchev–Trinajstić information content (AvgIpc) is 2.22. The van der Waals surface area contributed by atoms with Crippen LogP contribution in [0.1, 0.15) is 16.7 Å². The zero-order valence-corrected chi connectivity index (χ0v) is 10.2.